The average molecular weight is 279 g/mol. The number of carbonyl (C=O) groups is 2. The van der Waals surface area contributed by atoms with Gasteiger partial charge in [0.25, 0.3) is 0 Å². The fourth-order valence-electron chi connectivity index (χ4n) is 1.66. The van der Waals surface area contributed by atoms with E-state index in [0.717, 1.165) is 10.6 Å². The van der Waals surface area contributed by atoms with Crippen LogP contribution in [0.25, 0.3) is 0 Å². The van der Waals surface area contributed by atoms with Gasteiger partial charge in [-0.3, -0.25) is 9.59 Å². The zero-order chi connectivity index (χ0) is 13.8. The second kappa shape index (κ2) is 6.08. The molecule has 0 spiro atoms. The Hall–Kier alpha value is -1.53. The summed E-state index contributed by atoms with van der Waals surface area (Å²) in [6.45, 7) is 4.24. The Labute approximate surface area is 116 Å². The first kappa shape index (κ1) is 13.9. The summed E-state index contributed by atoms with van der Waals surface area (Å²) < 4.78 is 0. The van der Waals surface area contributed by atoms with Crippen molar-refractivity contribution in [3.05, 3.63) is 18.2 Å². The molecule has 5 nitrogen and oxygen atoms in total. The summed E-state index contributed by atoms with van der Waals surface area (Å²) >= 11 is 1.50. The van der Waals surface area contributed by atoms with Crippen molar-refractivity contribution in [2.24, 2.45) is 0 Å². The second-order valence-corrected chi connectivity index (χ2v) is 5.65. The third-order valence-electron chi connectivity index (χ3n) is 2.57. The van der Waals surface area contributed by atoms with Crippen LogP contribution in [0.2, 0.25) is 0 Å². The molecule has 2 amide bonds. The highest BCUT2D eigenvalue weighted by molar-refractivity contribution is 8.00. The Bertz CT molecular complexity index is 503. The van der Waals surface area contributed by atoms with Crippen LogP contribution in [0.15, 0.2) is 23.1 Å². The minimum absolute atomic E-state index is 0.0116. The number of amides is 2. The van der Waals surface area contributed by atoms with E-state index in [0.29, 0.717) is 11.4 Å². The molecule has 0 atom stereocenters. The number of nitrogens with one attached hydrogen (secondary N) is 3. The molecular formula is C13H17N3O2S. The van der Waals surface area contributed by atoms with Gasteiger partial charge in [0.1, 0.15) is 0 Å². The van der Waals surface area contributed by atoms with Crippen molar-refractivity contribution in [1.29, 1.82) is 0 Å². The van der Waals surface area contributed by atoms with E-state index in [4.69, 9.17) is 0 Å². The van der Waals surface area contributed by atoms with Gasteiger partial charge in [0, 0.05) is 16.6 Å². The molecule has 0 aliphatic carbocycles. The average Bonchev–Trinajstić information content (AvgIpc) is 2.36. The van der Waals surface area contributed by atoms with Crippen molar-refractivity contribution in [2.75, 3.05) is 22.9 Å². The van der Waals surface area contributed by atoms with Crippen molar-refractivity contribution < 1.29 is 9.59 Å². The standard InChI is InChI=1S/C13H17N3O2S/c1-8(2)14-6-12(17)15-9-3-4-11-10(5-9)16-13(18)7-19-11/h3-5,8,14H,6-7H2,1-2H3,(H,15,17)(H,16,18). The molecule has 1 heterocycles. The highest BCUT2D eigenvalue weighted by atomic mass is 32.2. The van der Waals surface area contributed by atoms with Gasteiger partial charge in [-0.05, 0) is 18.2 Å². The van der Waals surface area contributed by atoms with Crippen LogP contribution >= 0.6 is 11.8 Å². The normalized spacial score (nSPS) is 13.9. The molecule has 19 heavy (non-hydrogen) atoms. The van der Waals surface area contributed by atoms with E-state index >= 15 is 0 Å². The van der Waals surface area contributed by atoms with Gasteiger partial charge >= 0.3 is 0 Å². The molecule has 2 rings (SSSR count). The third kappa shape index (κ3) is 3.97. The molecule has 1 aliphatic rings. The van der Waals surface area contributed by atoms with Crippen LogP contribution in [0.3, 0.4) is 0 Å². The first-order valence-corrected chi connectivity index (χ1v) is 7.13. The number of hydrogen-bond acceptors (Lipinski definition) is 4. The van der Waals surface area contributed by atoms with E-state index in [-0.39, 0.29) is 24.4 Å². The second-order valence-electron chi connectivity index (χ2n) is 4.63. The largest absolute Gasteiger partial charge is 0.325 e. The Morgan fingerprint density at radius 3 is 3.00 bits per heavy atom. The van der Waals surface area contributed by atoms with Gasteiger partial charge in [0.15, 0.2) is 0 Å². The number of anilines is 2. The van der Waals surface area contributed by atoms with Crippen molar-refractivity contribution >= 4 is 35.0 Å². The van der Waals surface area contributed by atoms with Crippen LogP contribution in [0.4, 0.5) is 11.4 Å². The Kier molecular flexibility index (Phi) is 4.44. The molecule has 0 fully saturated rings. The van der Waals surface area contributed by atoms with Crippen molar-refractivity contribution in [3.8, 4) is 0 Å². The number of rotatable bonds is 4. The summed E-state index contributed by atoms with van der Waals surface area (Å²) in [5.41, 5.74) is 1.45. The minimum atomic E-state index is -0.0940. The Morgan fingerprint density at radius 2 is 2.26 bits per heavy atom. The molecule has 0 bridgehead atoms. The van der Waals surface area contributed by atoms with Gasteiger partial charge in [-0.25, -0.2) is 0 Å². The maximum absolute atomic E-state index is 11.7. The highest BCUT2D eigenvalue weighted by Crippen LogP contribution is 2.33. The summed E-state index contributed by atoms with van der Waals surface area (Å²) in [5.74, 6) is 0.336. The maximum Gasteiger partial charge on any atom is 0.238 e. The molecule has 0 saturated heterocycles. The van der Waals surface area contributed by atoms with E-state index in [1.165, 1.54) is 11.8 Å². The summed E-state index contributed by atoms with van der Waals surface area (Å²) in [5, 5.41) is 8.65. The van der Waals surface area contributed by atoms with Crippen molar-refractivity contribution in [2.45, 2.75) is 24.8 Å². The van der Waals surface area contributed by atoms with Crippen LogP contribution in [0.1, 0.15) is 13.8 Å². The predicted molar refractivity (Wildman–Crippen MR) is 77.6 cm³/mol. The number of carbonyl (C=O) groups excluding carboxylic acids is 2. The van der Waals surface area contributed by atoms with Crippen LogP contribution in [0, 0.1) is 0 Å². The summed E-state index contributed by atoms with van der Waals surface area (Å²) in [6.07, 6.45) is 0. The number of fused-ring (bicyclic) bond motifs is 1. The molecule has 0 unspecified atom stereocenters. The first-order chi connectivity index (χ1) is 9.04. The lowest BCUT2D eigenvalue weighted by Gasteiger charge is -2.17. The van der Waals surface area contributed by atoms with Gasteiger partial charge < -0.3 is 16.0 Å². The number of hydrogen-bond donors (Lipinski definition) is 3. The van der Waals surface area contributed by atoms with Gasteiger partial charge in [-0.15, -0.1) is 11.8 Å². The summed E-state index contributed by atoms with van der Waals surface area (Å²) in [7, 11) is 0. The van der Waals surface area contributed by atoms with Crippen molar-refractivity contribution in [3.63, 3.8) is 0 Å². The smallest absolute Gasteiger partial charge is 0.238 e. The third-order valence-corrected chi connectivity index (χ3v) is 3.64. The lowest BCUT2D eigenvalue weighted by Crippen LogP contribution is -2.32. The highest BCUT2D eigenvalue weighted by Gasteiger charge is 2.15. The summed E-state index contributed by atoms with van der Waals surface area (Å²) in [4.78, 5) is 24.0. The molecule has 1 aromatic rings. The van der Waals surface area contributed by atoms with Gasteiger partial charge in [0.05, 0.1) is 18.0 Å². The molecule has 0 radical (unpaired) electrons. The zero-order valence-corrected chi connectivity index (χ0v) is 11.8. The van der Waals surface area contributed by atoms with E-state index in [2.05, 4.69) is 16.0 Å². The molecule has 1 aliphatic heterocycles. The molecule has 102 valence electrons. The SMILES string of the molecule is CC(C)NCC(=O)Nc1ccc2c(c1)NC(=O)CS2. The van der Waals surface area contributed by atoms with E-state index in [1.807, 2.05) is 26.0 Å². The monoisotopic (exact) mass is 279 g/mol. The van der Waals surface area contributed by atoms with Crippen LogP contribution < -0.4 is 16.0 Å². The number of benzene rings is 1. The van der Waals surface area contributed by atoms with Crippen LogP contribution in [-0.4, -0.2) is 30.2 Å². The first-order valence-electron chi connectivity index (χ1n) is 6.14. The zero-order valence-electron chi connectivity index (χ0n) is 10.9. The lowest BCUT2D eigenvalue weighted by molar-refractivity contribution is -0.115. The Balaban J connectivity index is 2.00. The van der Waals surface area contributed by atoms with Crippen LogP contribution in [-0.2, 0) is 9.59 Å². The predicted octanol–water partition coefficient (Wildman–Crippen LogP) is 1.67. The molecule has 3 N–H and O–H groups in total. The van der Waals surface area contributed by atoms with E-state index in [9.17, 15) is 9.59 Å². The van der Waals surface area contributed by atoms with Gasteiger partial charge in [-0.1, -0.05) is 13.8 Å². The van der Waals surface area contributed by atoms with Crippen LogP contribution in [0.5, 0.6) is 0 Å². The van der Waals surface area contributed by atoms with Gasteiger partial charge in [-0.2, -0.15) is 0 Å². The van der Waals surface area contributed by atoms with Crippen molar-refractivity contribution in [1.82, 2.24) is 5.32 Å². The minimum Gasteiger partial charge on any atom is -0.325 e. The molecule has 0 saturated carbocycles. The Morgan fingerprint density at radius 1 is 1.47 bits per heavy atom. The van der Waals surface area contributed by atoms with Gasteiger partial charge in [0.2, 0.25) is 11.8 Å². The topological polar surface area (TPSA) is 70.2 Å². The molecule has 0 aromatic heterocycles. The fraction of sp³-hybridized carbons (Fsp3) is 0.385. The lowest BCUT2D eigenvalue weighted by atomic mass is 10.2. The number of thioether (sulfide) groups is 1. The molecule has 6 heteroatoms. The molecule has 1 aromatic carbocycles. The maximum atomic E-state index is 11.7. The molecular weight excluding hydrogens is 262 g/mol. The summed E-state index contributed by atoms with van der Waals surface area (Å²) in [6, 6.07) is 5.80. The quantitative estimate of drug-likeness (QED) is 0.784. The fourth-order valence-corrected chi connectivity index (χ4v) is 2.45. The van der Waals surface area contributed by atoms with E-state index < -0.39 is 0 Å². The van der Waals surface area contributed by atoms with E-state index in [1.54, 1.807) is 6.07 Å².